The van der Waals surface area contributed by atoms with E-state index in [1.54, 1.807) is 0 Å². The van der Waals surface area contributed by atoms with Crippen LogP contribution in [0.1, 0.15) is 37.4 Å². The first-order chi connectivity index (χ1) is 11.6. The van der Waals surface area contributed by atoms with E-state index in [1.807, 2.05) is 31.2 Å². The number of anilines is 1. The van der Waals surface area contributed by atoms with Crippen LogP contribution in [-0.2, 0) is 16.0 Å². The van der Waals surface area contributed by atoms with Gasteiger partial charge in [-0.3, -0.25) is 9.78 Å². The van der Waals surface area contributed by atoms with Crippen molar-refractivity contribution in [2.24, 2.45) is 0 Å². The Morgan fingerprint density at radius 2 is 2.00 bits per heavy atom. The van der Waals surface area contributed by atoms with Gasteiger partial charge in [-0.05, 0) is 25.8 Å². The Balaban J connectivity index is 2.12. The summed E-state index contributed by atoms with van der Waals surface area (Å²) in [6.07, 6.45) is 3.08. The molecule has 1 heterocycles. The number of pyridine rings is 1. The maximum absolute atomic E-state index is 11.2. The number of carboxylic acid groups (broad SMARTS) is 1. The summed E-state index contributed by atoms with van der Waals surface area (Å²) in [5.74, 6) is -0.846. The van der Waals surface area contributed by atoms with Gasteiger partial charge < -0.3 is 15.2 Å². The van der Waals surface area contributed by atoms with E-state index in [9.17, 15) is 9.90 Å². The summed E-state index contributed by atoms with van der Waals surface area (Å²) in [7, 11) is 0. The van der Waals surface area contributed by atoms with Gasteiger partial charge >= 0.3 is 5.97 Å². The number of ether oxygens (including phenoxy) is 1. The fourth-order valence-electron chi connectivity index (χ4n) is 2.68. The second kappa shape index (κ2) is 9.23. The summed E-state index contributed by atoms with van der Waals surface area (Å²) in [5, 5.41) is 13.6. The van der Waals surface area contributed by atoms with Crippen LogP contribution < -0.4 is 5.32 Å². The van der Waals surface area contributed by atoms with E-state index >= 15 is 0 Å². The topological polar surface area (TPSA) is 71.5 Å². The van der Waals surface area contributed by atoms with Gasteiger partial charge in [0, 0.05) is 42.1 Å². The SMILES string of the molecule is CCCCOCCCNc1c(CC(=O)O)c(C)nc2ccccc12. The van der Waals surface area contributed by atoms with Crippen molar-refractivity contribution in [1.29, 1.82) is 0 Å². The van der Waals surface area contributed by atoms with Crippen LogP contribution >= 0.6 is 0 Å². The molecule has 0 bridgehead atoms. The number of aromatic nitrogens is 1. The quantitative estimate of drug-likeness (QED) is 0.649. The Hall–Kier alpha value is -2.14. The lowest BCUT2D eigenvalue weighted by molar-refractivity contribution is -0.136. The van der Waals surface area contributed by atoms with Crippen molar-refractivity contribution < 1.29 is 14.6 Å². The Morgan fingerprint density at radius 3 is 2.75 bits per heavy atom. The molecule has 130 valence electrons. The molecule has 1 aromatic heterocycles. The van der Waals surface area contributed by atoms with Gasteiger partial charge in [-0.15, -0.1) is 0 Å². The van der Waals surface area contributed by atoms with Crippen LogP contribution in [0.25, 0.3) is 10.9 Å². The third-order valence-electron chi connectivity index (χ3n) is 3.94. The molecular formula is C19H26N2O3. The molecular weight excluding hydrogens is 304 g/mol. The number of carboxylic acids is 1. The molecule has 0 unspecified atom stereocenters. The van der Waals surface area contributed by atoms with Crippen molar-refractivity contribution in [3.8, 4) is 0 Å². The van der Waals surface area contributed by atoms with Crippen molar-refractivity contribution >= 4 is 22.6 Å². The number of carbonyl (C=O) groups is 1. The zero-order valence-electron chi connectivity index (χ0n) is 14.5. The lowest BCUT2D eigenvalue weighted by atomic mass is 10.0. The van der Waals surface area contributed by atoms with Crippen LogP contribution in [-0.4, -0.2) is 35.8 Å². The summed E-state index contributed by atoms with van der Waals surface area (Å²) in [4.78, 5) is 15.7. The standard InChI is InChI=1S/C19H26N2O3/c1-3-4-11-24-12-7-10-20-19-15-8-5-6-9-17(15)21-14(2)16(19)13-18(22)23/h5-6,8-9H,3-4,7,10-13H2,1-2H3,(H,20,21)(H,22,23). The molecule has 24 heavy (non-hydrogen) atoms. The van der Waals surface area contributed by atoms with Crippen molar-refractivity contribution in [2.75, 3.05) is 25.1 Å². The molecule has 5 heteroatoms. The predicted molar refractivity (Wildman–Crippen MR) is 96.7 cm³/mol. The summed E-state index contributed by atoms with van der Waals surface area (Å²) >= 11 is 0. The van der Waals surface area contributed by atoms with Crippen LogP contribution in [0.15, 0.2) is 24.3 Å². The van der Waals surface area contributed by atoms with Crippen molar-refractivity contribution in [2.45, 2.75) is 39.5 Å². The average molecular weight is 330 g/mol. The number of para-hydroxylation sites is 1. The van der Waals surface area contributed by atoms with E-state index in [2.05, 4.69) is 17.2 Å². The number of aliphatic carboxylic acids is 1. The highest BCUT2D eigenvalue weighted by molar-refractivity contribution is 5.94. The molecule has 0 saturated heterocycles. The molecule has 2 rings (SSSR count). The Kier molecular flexibility index (Phi) is 7.00. The number of aryl methyl sites for hydroxylation is 1. The second-order valence-electron chi connectivity index (χ2n) is 5.88. The zero-order valence-corrected chi connectivity index (χ0v) is 14.5. The summed E-state index contributed by atoms with van der Waals surface area (Å²) < 4.78 is 5.57. The molecule has 0 fully saturated rings. The van der Waals surface area contributed by atoms with Crippen LogP contribution in [0.5, 0.6) is 0 Å². The monoisotopic (exact) mass is 330 g/mol. The smallest absolute Gasteiger partial charge is 0.307 e. The van der Waals surface area contributed by atoms with E-state index in [0.717, 1.165) is 60.3 Å². The van der Waals surface area contributed by atoms with Crippen molar-refractivity contribution in [3.63, 3.8) is 0 Å². The first-order valence-corrected chi connectivity index (χ1v) is 8.55. The lowest BCUT2D eigenvalue weighted by Crippen LogP contribution is -2.12. The Labute approximate surface area is 143 Å². The molecule has 5 nitrogen and oxygen atoms in total. The highest BCUT2D eigenvalue weighted by Gasteiger charge is 2.14. The van der Waals surface area contributed by atoms with E-state index in [1.165, 1.54) is 0 Å². The molecule has 0 aliphatic rings. The molecule has 0 amide bonds. The molecule has 0 radical (unpaired) electrons. The van der Waals surface area contributed by atoms with Gasteiger partial charge in [0.2, 0.25) is 0 Å². The Bertz CT molecular complexity index is 686. The molecule has 2 aromatic rings. The highest BCUT2D eigenvalue weighted by Crippen LogP contribution is 2.28. The van der Waals surface area contributed by atoms with Gasteiger partial charge in [0.15, 0.2) is 0 Å². The van der Waals surface area contributed by atoms with Crippen molar-refractivity contribution in [1.82, 2.24) is 4.98 Å². The van der Waals surface area contributed by atoms with Gasteiger partial charge in [0.1, 0.15) is 0 Å². The average Bonchev–Trinajstić information content (AvgIpc) is 2.56. The van der Waals surface area contributed by atoms with Gasteiger partial charge in [0.25, 0.3) is 0 Å². The minimum atomic E-state index is -0.846. The van der Waals surface area contributed by atoms with E-state index in [-0.39, 0.29) is 6.42 Å². The van der Waals surface area contributed by atoms with Crippen LogP contribution in [0.4, 0.5) is 5.69 Å². The summed E-state index contributed by atoms with van der Waals surface area (Å²) in [6, 6.07) is 7.82. The number of unbranched alkanes of at least 4 members (excludes halogenated alkanes) is 1. The second-order valence-corrected chi connectivity index (χ2v) is 5.88. The summed E-state index contributed by atoms with van der Waals surface area (Å²) in [6.45, 7) is 6.27. The minimum absolute atomic E-state index is 0.0288. The molecule has 1 aromatic carbocycles. The third kappa shape index (κ3) is 4.93. The van der Waals surface area contributed by atoms with Crippen LogP contribution in [0, 0.1) is 6.92 Å². The molecule has 2 N–H and O–H groups in total. The number of nitrogens with zero attached hydrogens (tertiary/aromatic N) is 1. The molecule has 0 aliphatic heterocycles. The zero-order chi connectivity index (χ0) is 17.4. The van der Waals surface area contributed by atoms with Gasteiger partial charge in [-0.1, -0.05) is 31.5 Å². The first-order valence-electron chi connectivity index (χ1n) is 8.55. The molecule has 0 spiro atoms. The van der Waals surface area contributed by atoms with Gasteiger partial charge in [-0.25, -0.2) is 0 Å². The van der Waals surface area contributed by atoms with Crippen LogP contribution in [0.3, 0.4) is 0 Å². The van der Waals surface area contributed by atoms with Gasteiger partial charge in [-0.2, -0.15) is 0 Å². The number of benzene rings is 1. The third-order valence-corrected chi connectivity index (χ3v) is 3.94. The van der Waals surface area contributed by atoms with Crippen molar-refractivity contribution in [3.05, 3.63) is 35.5 Å². The van der Waals surface area contributed by atoms with Crippen LogP contribution in [0.2, 0.25) is 0 Å². The van der Waals surface area contributed by atoms with E-state index in [4.69, 9.17) is 4.74 Å². The Morgan fingerprint density at radius 1 is 1.25 bits per heavy atom. The predicted octanol–water partition coefficient (Wildman–Crippen LogP) is 3.79. The first kappa shape index (κ1) is 18.2. The molecule has 0 aliphatic carbocycles. The molecule has 0 saturated carbocycles. The number of hydrogen-bond acceptors (Lipinski definition) is 4. The highest BCUT2D eigenvalue weighted by atomic mass is 16.5. The number of hydrogen-bond donors (Lipinski definition) is 2. The fraction of sp³-hybridized carbons (Fsp3) is 0.474. The summed E-state index contributed by atoms with van der Waals surface area (Å²) in [5.41, 5.74) is 3.28. The fourth-order valence-corrected chi connectivity index (χ4v) is 2.68. The van der Waals surface area contributed by atoms with E-state index in [0.29, 0.717) is 6.61 Å². The van der Waals surface area contributed by atoms with E-state index < -0.39 is 5.97 Å². The molecule has 0 atom stereocenters. The lowest BCUT2D eigenvalue weighted by Gasteiger charge is -2.16. The minimum Gasteiger partial charge on any atom is -0.481 e. The maximum atomic E-state index is 11.2. The maximum Gasteiger partial charge on any atom is 0.307 e. The normalized spacial score (nSPS) is 10.9. The number of rotatable bonds is 10. The number of nitrogens with one attached hydrogen (secondary N) is 1. The largest absolute Gasteiger partial charge is 0.481 e. The number of fused-ring (bicyclic) bond motifs is 1. The van der Waals surface area contributed by atoms with Gasteiger partial charge in [0.05, 0.1) is 11.9 Å².